The van der Waals surface area contributed by atoms with Crippen molar-refractivity contribution in [3.63, 3.8) is 0 Å². The van der Waals surface area contributed by atoms with Gasteiger partial charge in [-0.05, 0) is 68.1 Å². The lowest BCUT2D eigenvalue weighted by Gasteiger charge is -2.41. The van der Waals surface area contributed by atoms with Crippen LogP contribution < -0.4 is 0 Å². The Morgan fingerprint density at radius 3 is 1.33 bits per heavy atom. The van der Waals surface area contributed by atoms with Crippen molar-refractivity contribution in [2.45, 2.75) is 105 Å². The molecule has 0 aliphatic heterocycles. The lowest BCUT2D eigenvalue weighted by molar-refractivity contribution is -0.223. The van der Waals surface area contributed by atoms with E-state index in [9.17, 15) is 0 Å². The van der Waals surface area contributed by atoms with E-state index in [1.807, 2.05) is 0 Å². The summed E-state index contributed by atoms with van der Waals surface area (Å²) in [6.07, 6.45) is 8.41. The van der Waals surface area contributed by atoms with E-state index in [2.05, 4.69) is 48.5 Å². The first kappa shape index (κ1) is 20.2. The van der Waals surface area contributed by atoms with Gasteiger partial charge in [-0.25, -0.2) is 0 Å². The van der Waals surface area contributed by atoms with Crippen LogP contribution in [-0.2, 0) is 9.47 Å². The van der Waals surface area contributed by atoms with Crippen LogP contribution in [0.1, 0.15) is 87.0 Å². The highest BCUT2D eigenvalue weighted by Gasteiger charge is 2.35. The summed E-state index contributed by atoms with van der Waals surface area (Å²) in [6.45, 7) is 16.3. The lowest BCUT2D eigenvalue weighted by Crippen LogP contribution is -2.41. The SMILES string of the molecule is CC1CCC(C(C)C)C(OC(C)OC2CC(C)CCC2C(C)C)C1. The average Bonchev–Trinajstić information content (AvgIpc) is 2.46. The van der Waals surface area contributed by atoms with E-state index in [0.717, 1.165) is 11.8 Å². The van der Waals surface area contributed by atoms with Crippen LogP contribution in [0.3, 0.4) is 0 Å². The van der Waals surface area contributed by atoms with Gasteiger partial charge in [0, 0.05) is 0 Å². The summed E-state index contributed by atoms with van der Waals surface area (Å²) < 4.78 is 13.0. The third kappa shape index (κ3) is 5.46. The molecule has 2 aliphatic rings. The zero-order valence-electron chi connectivity index (χ0n) is 17.3. The van der Waals surface area contributed by atoms with Crippen molar-refractivity contribution < 1.29 is 9.47 Å². The molecule has 6 unspecified atom stereocenters. The second kappa shape index (κ2) is 9.03. The summed E-state index contributed by atoms with van der Waals surface area (Å²) in [5, 5.41) is 0. The van der Waals surface area contributed by atoms with Crippen molar-refractivity contribution in [2.75, 3.05) is 0 Å². The number of hydrogen-bond acceptors (Lipinski definition) is 2. The van der Waals surface area contributed by atoms with Crippen LogP contribution in [0.4, 0.5) is 0 Å². The van der Waals surface area contributed by atoms with Gasteiger partial charge in [-0.1, -0.05) is 54.4 Å². The summed E-state index contributed by atoms with van der Waals surface area (Å²) in [6, 6.07) is 0. The van der Waals surface area contributed by atoms with Gasteiger partial charge in [0.15, 0.2) is 6.29 Å². The van der Waals surface area contributed by atoms with E-state index in [1.54, 1.807) is 0 Å². The molecule has 2 heteroatoms. The average molecular weight is 339 g/mol. The molecule has 0 N–H and O–H groups in total. The maximum atomic E-state index is 6.48. The van der Waals surface area contributed by atoms with E-state index >= 15 is 0 Å². The van der Waals surface area contributed by atoms with Gasteiger partial charge in [-0.3, -0.25) is 0 Å². The highest BCUT2D eigenvalue weighted by Crippen LogP contribution is 2.38. The number of hydrogen-bond donors (Lipinski definition) is 0. The minimum Gasteiger partial charge on any atom is -0.349 e. The first-order chi connectivity index (χ1) is 11.3. The molecular weight excluding hydrogens is 296 g/mol. The quantitative estimate of drug-likeness (QED) is 0.530. The van der Waals surface area contributed by atoms with Crippen molar-refractivity contribution in [1.29, 1.82) is 0 Å². The fourth-order valence-electron chi connectivity index (χ4n) is 5.07. The molecule has 0 saturated heterocycles. The fourth-order valence-corrected chi connectivity index (χ4v) is 5.07. The van der Waals surface area contributed by atoms with Gasteiger partial charge in [0.25, 0.3) is 0 Å². The second-order valence-electron chi connectivity index (χ2n) is 9.57. The molecule has 0 aromatic heterocycles. The van der Waals surface area contributed by atoms with E-state index in [0.29, 0.717) is 35.9 Å². The van der Waals surface area contributed by atoms with Gasteiger partial charge >= 0.3 is 0 Å². The van der Waals surface area contributed by atoms with E-state index in [4.69, 9.17) is 9.47 Å². The second-order valence-corrected chi connectivity index (χ2v) is 9.57. The molecule has 0 radical (unpaired) electrons. The molecule has 0 amide bonds. The predicted octanol–water partition coefficient (Wildman–Crippen LogP) is 6.29. The number of ether oxygens (including phenoxy) is 2. The summed E-state index contributed by atoms with van der Waals surface area (Å²) in [5.41, 5.74) is 0. The van der Waals surface area contributed by atoms with Crippen molar-refractivity contribution in [1.82, 2.24) is 0 Å². The van der Waals surface area contributed by atoms with Gasteiger partial charge in [-0.15, -0.1) is 0 Å². The van der Waals surface area contributed by atoms with Crippen LogP contribution in [0.5, 0.6) is 0 Å². The number of rotatable bonds is 6. The van der Waals surface area contributed by atoms with Crippen molar-refractivity contribution in [3.8, 4) is 0 Å². The van der Waals surface area contributed by atoms with Crippen LogP contribution in [0, 0.1) is 35.5 Å². The van der Waals surface area contributed by atoms with Gasteiger partial charge in [-0.2, -0.15) is 0 Å². The van der Waals surface area contributed by atoms with Gasteiger partial charge in [0.2, 0.25) is 0 Å². The molecular formula is C22H42O2. The molecule has 0 bridgehead atoms. The van der Waals surface area contributed by atoms with Crippen LogP contribution in [0.15, 0.2) is 0 Å². The zero-order valence-corrected chi connectivity index (χ0v) is 17.3. The van der Waals surface area contributed by atoms with Crippen molar-refractivity contribution in [2.24, 2.45) is 35.5 Å². The zero-order chi connectivity index (χ0) is 17.9. The molecule has 0 aromatic carbocycles. The van der Waals surface area contributed by atoms with Crippen LogP contribution >= 0.6 is 0 Å². The monoisotopic (exact) mass is 338 g/mol. The Hall–Kier alpha value is -0.0800. The summed E-state index contributed by atoms with van der Waals surface area (Å²) in [5.74, 6) is 4.36. The largest absolute Gasteiger partial charge is 0.349 e. The van der Waals surface area contributed by atoms with E-state index in [1.165, 1.54) is 38.5 Å². The molecule has 0 spiro atoms. The Morgan fingerprint density at radius 1 is 0.625 bits per heavy atom. The first-order valence-electron chi connectivity index (χ1n) is 10.6. The Labute approximate surface area is 151 Å². The van der Waals surface area contributed by atoms with E-state index < -0.39 is 0 Å². The Bertz CT molecular complexity index is 331. The Kier molecular flexibility index (Phi) is 7.61. The molecule has 142 valence electrons. The molecule has 2 fully saturated rings. The minimum absolute atomic E-state index is 0.0712. The van der Waals surface area contributed by atoms with Gasteiger partial charge in [0.1, 0.15) is 0 Å². The summed E-state index contributed by atoms with van der Waals surface area (Å²) in [4.78, 5) is 0. The summed E-state index contributed by atoms with van der Waals surface area (Å²) in [7, 11) is 0. The first-order valence-corrected chi connectivity index (χ1v) is 10.6. The highest BCUT2D eigenvalue weighted by atomic mass is 16.7. The molecule has 0 heterocycles. The lowest BCUT2D eigenvalue weighted by atomic mass is 9.75. The standard InChI is InChI=1S/C22H42O2/c1-14(2)19-10-8-16(5)12-21(19)23-18(7)24-22-13-17(6)9-11-20(22)15(3)4/h14-22H,8-13H2,1-7H3. The van der Waals surface area contributed by atoms with Crippen molar-refractivity contribution in [3.05, 3.63) is 0 Å². The third-order valence-electron chi connectivity index (χ3n) is 6.66. The molecule has 2 nitrogen and oxygen atoms in total. The van der Waals surface area contributed by atoms with Gasteiger partial charge in [0.05, 0.1) is 12.2 Å². The minimum atomic E-state index is -0.0712. The molecule has 24 heavy (non-hydrogen) atoms. The van der Waals surface area contributed by atoms with Gasteiger partial charge < -0.3 is 9.47 Å². The van der Waals surface area contributed by atoms with Crippen molar-refractivity contribution >= 4 is 0 Å². The normalized spacial score (nSPS) is 39.4. The molecule has 6 atom stereocenters. The third-order valence-corrected chi connectivity index (χ3v) is 6.66. The smallest absolute Gasteiger partial charge is 0.155 e. The molecule has 2 aliphatic carbocycles. The topological polar surface area (TPSA) is 18.5 Å². The van der Waals surface area contributed by atoms with E-state index in [-0.39, 0.29) is 6.29 Å². The predicted molar refractivity (Wildman–Crippen MR) is 102 cm³/mol. The Morgan fingerprint density at radius 2 is 1.00 bits per heavy atom. The maximum absolute atomic E-state index is 6.48. The summed E-state index contributed by atoms with van der Waals surface area (Å²) >= 11 is 0. The highest BCUT2D eigenvalue weighted by molar-refractivity contribution is 4.83. The maximum Gasteiger partial charge on any atom is 0.155 e. The molecule has 2 rings (SSSR count). The Balaban J connectivity index is 1.93. The van der Waals surface area contributed by atoms with Crippen LogP contribution in [-0.4, -0.2) is 18.5 Å². The molecule has 0 aromatic rings. The fraction of sp³-hybridized carbons (Fsp3) is 1.00. The van der Waals surface area contributed by atoms with Crippen LogP contribution in [0.2, 0.25) is 0 Å². The molecule has 2 saturated carbocycles. The van der Waals surface area contributed by atoms with Crippen LogP contribution in [0.25, 0.3) is 0 Å².